The number of alkyl carbamates (subject to hydrolysis) is 1. The maximum atomic E-state index is 13.6. The molecule has 35 heavy (non-hydrogen) atoms. The van der Waals surface area contributed by atoms with E-state index in [-0.39, 0.29) is 31.5 Å². The van der Waals surface area contributed by atoms with E-state index in [1.165, 1.54) is 0 Å². The van der Waals surface area contributed by atoms with Crippen LogP contribution in [0.4, 0.5) is 4.79 Å². The van der Waals surface area contributed by atoms with Crippen molar-refractivity contribution < 1.29 is 23.6 Å². The number of rotatable bonds is 13. The third kappa shape index (κ3) is 10.6. The van der Waals surface area contributed by atoms with Gasteiger partial charge in [0.2, 0.25) is 7.44 Å². The smallest absolute Gasteiger partial charge is 0.408 e. The first-order valence-corrected chi connectivity index (χ1v) is 13.8. The van der Waals surface area contributed by atoms with Crippen LogP contribution in [0.15, 0.2) is 60.7 Å². The summed E-state index contributed by atoms with van der Waals surface area (Å²) >= 11 is 0. The van der Waals surface area contributed by atoms with Gasteiger partial charge in [0.15, 0.2) is 0 Å². The Labute approximate surface area is 208 Å². The van der Waals surface area contributed by atoms with E-state index in [9.17, 15) is 14.2 Å². The second-order valence-corrected chi connectivity index (χ2v) is 11.6. The molecule has 2 aromatic carbocycles. The lowest BCUT2D eigenvalue weighted by Crippen LogP contribution is -2.48. The van der Waals surface area contributed by atoms with Crippen LogP contribution in [-0.4, -0.2) is 36.3 Å². The second-order valence-electron chi connectivity index (χ2n) is 9.24. The van der Waals surface area contributed by atoms with E-state index in [1.54, 1.807) is 6.92 Å². The van der Waals surface area contributed by atoms with E-state index >= 15 is 0 Å². The summed E-state index contributed by atoms with van der Waals surface area (Å²) in [6.07, 6.45) is -0.612. The lowest BCUT2D eigenvalue weighted by molar-refractivity contribution is -0.148. The zero-order valence-electron chi connectivity index (χ0n) is 21.2. The molecular weight excluding hydrogens is 465 g/mol. The van der Waals surface area contributed by atoms with Gasteiger partial charge >= 0.3 is 12.1 Å². The van der Waals surface area contributed by atoms with Gasteiger partial charge in [-0.2, -0.15) is 0 Å². The molecule has 9 heteroatoms. The van der Waals surface area contributed by atoms with E-state index in [2.05, 4.69) is 15.5 Å². The standard InChI is InChI=1S/C26H38N3O5P/c1-19(2)28-35(32,29-20(3)4)18-21(5)24(25(30)33-16-22-12-8-6-9-13-22)27-26(31)34-17-23-14-10-7-11-15-23/h6-15,19-21,24H,16-18H2,1-5H3,(H,27,31)(H2,28,29,32)/t21-,24-/m0/s1. The lowest BCUT2D eigenvalue weighted by Gasteiger charge is -2.30. The molecule has 0 fully saturated rings. The molecule has 3 N–H and O–H groups in total. The van der Waals surface area contributed by atoms with Crippen LogP contribution in [0.25, 0.3) is 0 Å². The average Bonchev–Trinajstić information content (AvgIpc) is 2.79. The third-order valence-corrected chi connectivity index (χ3v) is 7.97. The fourth-order valence-corrected chi connectivity index (χ4v) is 6.61. The first kappa shape index (κ1) is 28.6. The number of carbonyl (C=O) groups is 2. The first-order valence-electron chi connectivity index (χ1n) is 11.9. The van der Waals surface area contributed by atoms with Crippen LogP contribution in [0.1, 0.15) is 45.7 Å². The number of amides is 1. The van der Waals surface area contributed by atoms with Crippen molar-refractivity contribution in [2.45, 2.75) is 66.0 Å². The highest BCUT2D eigenvalue weighted by Gasteiger charge is 2.35. The summed E-state index contributed by atoms with van der Waals surface area (Å²) in [5, 5.41) is 8.88. The normalized spacial score (nSPS) is 13.3. The first-order chi connectivity index (χ1) is 16.6. The van der Waals surface area contributed by atoms with Gasteiger partial charge in [0.1, 0.15) is 19.3 Å². The summed E-state index contributed by atoms with van der Waals surface area (Å²) in [5.41, 5.74) is 1.65. The van der Waals surface area contributed by atoms with E-state index in [0.29, 0.717) is 0 Å². The predicted molar refractivity (Wildman–Crippen MR) is 138 cm³/mol. The summed E-state index contributed by atoms with van der Waals surface area (Å²) in [5.74, 6) is -1.12. The molecule has 0 aromatic heterocycles. The lowest BCUT2D eigenvalue weighted by atomic mass is 10.0. The van der Waals surface area contributed by atoms with Crippen LogP contribution in [0.3, 0.4) is 0 Å². The number of ether oxygens (including phenoxy) is 2. The van der Waals surface area contributed by atoms with Crippen LogP contribution >= 0.6 is 7.44 Å². The number of carbonyl (C=O) groups excluding carboxylic acids is 2. The molecule has 0 saturated carbocycles. The second kappa shape index (κ2) is 14.0. The number of esters is 1. The molecule has 0 spiro atoms. The van der Waals surface area contributed by atoms with E-state index < -0.39 is 31.5 Å². The minimum atomic E-state index is -3.06. The van der Waals surface area contributed by atoms with Crippen molar-refractivity contribution in [3.8, 4) is 0 Å². The molecule has 0 aliphatic rings. The van der Waals surface area contributed by atoms with E-state index in [1.807, 2.05) is 88.4 Å². The molecule has 1 amide bonds. The van der Waals surface area contributed by atoms with Gasteiger partial charge in [-0.25, -0.2) is 9.59 Å². The molecule has 192 valence electrons. The topological polar surface area (TPSA) is 106 Å². The summed E-state index contributed by atoms with van der Waals surface area (Å²) in [6.45, 7) is 9.52. The molecule has 2 atom stereocenters. The fraction of sp³-hybridized carbons (Fsp3) is 0.462. The summed E-state index contributed by atoms with van der Waals surface area (Å²) in [6, 6.07) is 17.4. The Morgan fingerprint density at radius 1 is 0.771 bits per heavy atom. The van der Waals surface area contributed by atoms with Gasteiger partial charge in [-0.1, -0.05) is 67.6 Å². The zero-order chi connectivity index (χ0) is 25.8. The monoisotopic (exact) mass is 503 g/mol. The van der Waals surface area contributed by atoms with Crippen LogP contribution in [0, 0.1) is 5.92 Å². The highest BCUT2D eigenvalue weighted by atomic mass is 31.2. The van der Waals surface area contributed by atoms with Crippen molar-refractivity contribution in [3.63, 3.8) is 0 Å². The zero-order valence-corrected chi connectivity index (χ0v) is 22.1. The van der Waals surface area contributed by atoms with Crippen LogP contribution in [-0.2, 0) is 32.0 Å². The SMILES string of the molecule is CC(C)NP(=O)(C[C@H](C)[C@H](NC(=O)OCc1ccccc1)C(=O)OCc1ccccc1)NC(C)C. The van der Waals surface area contributed by atoms with Crippen molar-refractivity contribution in [2.24, 2.45) is 5.92 Å². The van der Waals surface area contributed by atoms with Gasteiger partial charge in [-0.05, 0) is 44.7 Å². The highest BCUT2D eigenvalue weighted by molar-refractivity contribution is 7.59. The van der Waals surface area contributed by atoms with Gasteiger partial charge in [-0.15, -0.1) is 0 Å². The van der Waals surface area contributed by atoms with Gasteiger partial charge < -0.3 is 14.8 Å². The Morgan fingerprint density at radius 3 is 1.69 bits per heavy atom. The molecule has 0 heterocycles. The predicted octanol–water partition coefficient (Wildman–Crippen LogP) is 4.85. The minimum absolute atomic E-state index is 0.0356. The largest absolute Gasteiger partial charge is 0.459 e. The number of nitrogens with one attached hydrogen (secondary N) is 3. The molecular formula is C26H38N3O5P. The summed E-state index contributed by atoms with van der Waals surface area (Å²) < 4.78 is 24.5. The van der Waals surface area contributed by atoms with Gasteiger partial charge in [0.05, 0.1) is 0 Å². The minimum Gasteiger partial charge on any atom is -0.459 e. The Kier molecular flexibility index (Phi) is 11.4. The van der Waals surface area contributed by atoms with Crippen molar-refractivity contribution >= 4 is 19.5 Å². The Hall–Kier alpha value is -2.67. The fourth-order valence-electron chi connectivity index (χ4n) is 3.63. The quantitative estimate of drug-likeness (QED) is 0.265. The molecule has 0 bridgehead atoms. The van der Waals surface area contributed by atoms with Crippen molar-refractivity contribution in [1.82, 2.24) is 15.5 Å². The third-order valence-electron chi connectivity index (χ3n) is 5.01. The summed E-state index contributed by atoms with van der Waals surface area (Å²) in [7, 11) is -3.06. The molecule has 0 saturated heterocycles. The highest BCUT2D eigenvalue weighted by Crippen LogP contribution is 2.40. The molecule has 0 aliphatic heterocycles. The molecule has 8 nitrogen and oxygen atoms in total. The average molecular weight is 504 g/mol. The van der Waals surface area contributed by atoms with Crippen LogP contribution in [0.5, 0.6) is 0 Å². The van der Waals surface area contributed by atoms with Crippen LogP contribution in [0.2, 0.25) is 0 Å². The number of hydrogen-bond acceptors (Lipinski definition) is 5. The number of benzene rings is 2. The molecule has 0 aliphatic carbocycles. The summed E-state index contributed by atoms with van der Waals surface area (Å²) in [4.78, 5) is 25.7. The maximum Gasteiger partial charge on any atom is 0.408 e. The molecule has 2 rings (SSSR count). The van der Waals surface area contributed by atoms with Gasteiger partial charge in [-0.3, -0.25) is 14.7 Å². The number of hydrogen-bond donors (Lipinski definition) is 3. The molecule has 2 aromatic rings. The molecule has 0 radical (unpaired) electrons. The Morgan fingerprint density at radius 2 is 1.23 bits per heavy atom. The van der Waals surface area contributed by atoms with Gasteiger partial charge in [0.25, 0.3) is 0 Å². The van der Waals surface area contributed by atoms with Crippen LogP contribution < -0.4 is 15.5 Å². The van der Waals surface area contributed by atoms with Gasteiger partial charge in [0, 0.05) is 18.2 Å². The molecule has 0 unspecified atom stereocenters. The Bertz CT molecular complexity index is 955. The van der Waals surface area contributed by atoms with Crippen molar-refractivity contribution in [2.75, 3.05) is 6.16 Å². The Balaban J connectivity index is 2.13. The maximum absolute atomic E-state index is 13.6. The van der Waals surface area contributed by atoms with Crippen molar-refractivity contribution in [1.29, 1.82) is 0 Å². The van der Waals surface area contributed by atoms with Crippen molar-refractivity contribution in [3.05, 3.63) is 71.8 Å². The van der Waals surface area contributed by atoms with E-state index in [0.717, 1.165) is 11.1 Å². The van der Waals surface area contributed by atoms with E-state index in [4.69, 9.17) is 9.47 Å².